The van der Waals surface area contributed by atoms with Gasteiger partial charge < -0.3 is 4.90 Å². The Morgan fingerprint density at radius 1 is 1.19 bits per heavy atom. The van der Waals surface area contributed by atoms with Gasteiger partial charge in [-0.3, -0.25) is 4.79 Å². The molecule has 3 nitrogen and oxygen atoms in total. The van der Waals surface area contributed by atoms with Crippen molar-refractivity contribution in [1.29, 1.82) is 5.26 Å². The van der Waals surface area contributed by atoms with Crippen LogP contribution in [-0.4, -0.2) is 24.8 Å². The number of carbonyl (C=O) groups excluding carboxylic acids is 1. The van der Waals surface area contributed by atoms with E-state index in [-0.39, 0.29) is 11.6 Å². The highest BCUT2D eigenvalue weighted by Crippen LogP contribution is 2.26. The van der Waals surface area contributed by atoms with Crippen molar-refractivity contribution in [2.24, 2.45) is 0 Å². The molecule has 2 rings (SSSR count). The zero-order valence-electron chi connectivity index (χ0n) is 11.6. The fourth-order valence-electron chi connectivity index (χ4n) is 1.75. The first-order chi connectivity index (χ1) is 10.0. The van der Waals surface area contributed by atoms with E-state index in [0.717, 1.165) is 4.88 Å². The smallest absolute Gasteiger partial charge is 0.202 e. The predicted octanol–water partition coefficient (Wildman–Crippen LogP) is 3.54. The van der Waals surface area contributed by atoms with Crippen molar-refractivity contribution < 1.29 is 9.18 Å². The molecule has 0 bridgehead atoms. The van der Waals surface area contributed by atoms with E-state index in [0.29, 0.717) is 16.0 Å². The number of nitriles is 1. The summed E-state index contributed by atoms with van der Waals surface area (Å²) in [5.41, 5.74) is 0.933. The SMILES string of the molecule is CN(C)C=C(C#N)c1ccc(C(=O)c2ccc(F)cc2)s1. The van der Waals surface area contributed by atoms with Gasteiger partial charge in [-0.15, -0.1) is 11.3 Å². The lowest BCUT2D eigenvalue weighted by molar-refractivity contribution is 0.104. The van der Waals surface area contributed by atoms with Gasteiger partial charge in [-0.25, -0.2) is 4.39 Å². The Bertz CT molecular complexity index is 723. The molecule has 0 aliphatic carbocycles. The summed E-state index contributed by atoms with van der Waals surface area (Å²) in [6.07, 6.45) is 1.71. The third-order valence-electron chi connectivity index (χ3n) is 2.71. The lowest BCUT2D eigenvalue weighted by Crippen LogP contribution is -2.01. The molecule has 2 aromatic rings. The summed E-state index contributed by atoms with van der Waals surface area (Å²) in [4.78, 5) is 15.3. The van der Waals surface area contributed by atoms with Crippen LogP contribution >= 0.6 is 11.3 Å². The Balaban J connectivity index is 2.30. The molecule has 0 amide bonds. The number of ketones is 1. The van der Waals surface area contributed by atoms with Crippen molar-refractivity contribution in [3.8, 4) is 6.07 Å². The van der Waals surface area contributed by atoms with Crippen LogP contribution in [0.5, 0.6) is 0 Å². The second-order valence-electron chi connectivity index (χ2n) is 4.62. The summed E-state index contributed by atoms with van der Waals surface area (Å²) < 4.78 is 12.9. The number of nitrogens with zero attached hydrogens (tertiary/aromatic N) is 2. The molecule has 0 saturated carbocycles. The summed E-state index contributed by atoms with van der Waals surface area (Å²) in [6, 6.07) is 11.0. The molecule has 0 spiro atoms. The van der Waals surface area contributed by atoms with E-state index in [9.17, 15) is 9.18 Å². The minimum atomic E-state index is -0.376. The molecule has 0 saturated heterocycles. The molecule has 0 fully saturated rings. The number of rotatable bonds is 4. The lowest BCUT2D eigenvalue weighted by Gasteiger charge is -2.04. The van der Waals surface area contributed by atoms with E-state index >= 15 is 0 Å². The van der Waals surface area contributed by atoms with Gasteiger partial charge in [-0.1, -0.05) is 0 Å². The summed E-state index contributed by atoms with van der Waals surface area (Å²) in [7, 11) is 3.66. The van der Waals surface area contributed by atoms with Crippen molar-refractivity contribution in [3.63, 3.8) is 0 Å². The number of carbonyl (C=O) groups is 1. The second-order valence-corrected chi connectivity index (χ2v) is 5.70. The first kappa shape index (κ1) is 14.9. The molecular weight excluding hydrogens is 287 g/mol. The normalized spacial score (nSPS) is 11.0. The van der Waals surface area contributed by atoms with Gasteiger partial charge in [0.15, 0.2) is 0 Å². The number of thiophene rings is 1. The molecule has 1 aromatic carbocycles. The monoisotopic (exact) mass is 300 g/mol. The van der Waals surface area contributed by atoms with Gasteiger partial charge in [-0.2, -0.15) is 5.26 Å². The minimum absolute atomic E-state index is 0.173. The first-order valence-corrected chi connectivity index (χ1v) is 7.01. The van der Waals surface area contributed by atoms with Crippen LogP contribution < -0.4 is 0 Å². The molecule has 0 atom stereocenters. The van der Waals surface area contributed by atoms with Crippen molar-refractivity contribution >= 4 is 22.7 Å². The molecule has 106 valence electrons. The first-order valence-electron chi connectivity index (χ1n) is 6.20. The fourth-order valence-corrected chi connectivity index (χ4v) is 2.68. The third-order valence-corrected chi connectivity index (χ3v) is 3.83. The van der Waals surface area contributed by atoms with E-state index in [4.69, 9.17) is 5.26 Å². The van der Waals surface area contributed by atoms with Crippen molar-refractivity contribution in [2.45, 2.75) is 0 Å². The molecule has 5 heteroatoms. The maximum Gasteiger partial charge on any atom is 0.202 e. The Morgan fingerprint density at radius 3 is 2.38 bits per heavy atom. The molecule has 0 unspecified atom stereocenters. The van der Waals surface area contributed by atoms with Gasteiger partial charge in [0, 0.05) is 30.7 Å². The molecule has 21 heavy (non-hydrogen) atoms. The Morgan fingerprint density at radius 2 is 1.81 bits per heavy atom. The molecule has 0 aliphatic heterocycles. The quantitative estimate of drug-likeness (QED) is 0.641. The van der Waals surface area contributed by atoms with Gasteiger partial charge in [0.2, 0.25) is 5.78 Å². The summed E-state index contributed by atoms with van der Waals surface area (Å²) in [5.74, 6) is -0.549. The topological polar surface area (TPSA) is 44.1 Å². The zero-order valence-corrected chi connectivity index (χ0v) is 12.4. The van der Waals surface area contributed by atoms with Crippen LogP contribution in [0.3, 0.4) is 0 Å². The van der Waals surface area contributed by atoms with Gasteiger partial charge in [0.05, 0.1) is 10.5 Å². The molecule has 0 aliphatic rings. The molecular formula is C16H13FN2OS. The van der Waals surface area contributed by atoms with Crippen LogP contribution in [0, 0.1) is 17.1 Å². The van der Waals surface area contributed by atoms with Gasteiger partial charge in [0.25, 0.3) is 0 Å². The summed E-state index contributed by atoms with van der Waals surface area (Å²) in [5, 5.41) is 9.16. The van der Waals surface area contributed by atoms with Crippen LogP contribution in [0.25, 0.3) is 5.57 Å². The Labute approximate surface area is 126 Å². The van der Waals surface area contributed by atoms with Gasteiger partial charge in [-0.05, 0) is 36.4 Å². The molecule has 0 radical (unpaired) electrons. The molecule has 0 N–H and O–H groups in total. The number of hydrogen-bond donors (Lipinski definition) is 0. The van der Waals surface area contributed by atoms with E-state index in [1.54, 1.807) is 23.2 Å². The zero-order chi connectivity index (χ0) is 15.4. The number of hydrogen-bond acceptors (Lipinski definition) is 4. The van der Waals surface area contributed by atoms with E-state index < -0.39 is 0 Å². The fraction of sp³-hybridized carbons (Fsp3) is 0.125. The average Bonchev–Trinajstić information content (AvgIpc) is 2.94. The van der Waals surface area contributed by atoms with Crippen molar-refractivity contribution in [2.75, 3.05) is 14.1 Å². The standard InChI is InChI=1S/C16H13FN2OS/c1-19(2)10-12(9-18)14-7-8-15(21-14)16(20)11-3-5-13(17)6-4-11/h3-8,10H,1-2H3. The van der Waals surface area contributed by atoms with Crippen LogP contribution in [0.4, 0.5) is 4.39 Å². The third kappa shape index (κ3) is 3.56. The van der Waals surface area contributed by atoms with Crippen LogP contribution in [0.1, 0.15) is 20.1 Å². The Hall–Kier alpha value is -2.45. The number of allylic oxidation sites excluding steroid dienone is 1. The average molecular weight is 300 g/mol. The van der Waals surface area contributed by atoms with Crippen LogP contribution in [-0.2, 0) is 0 Å². The van der Waals surface area contributed by atoms with Crippen molar-refractivity contribution in [3.05, 3.63) is 63.7 Å². The highest BCUT2D eigenvalue weighted by molar-refractivity contribution is 7.15. The summed E-state index contributed by atoms with van der Waals surface area (Å²) in [6.45, 7) is 0. The summed E-state index contributed by atoms with van der Waals surface area (Å²) >= 11 is 1.25. The van der Waals surface area contributed by atoms with E-state index in [1.165, 1.54) is 35.6 Å². The molecule has 1 heterocycles. The van der Waals surface area contributed by atoms with Gasteiger partial charge >= 0.3 is 0 Å². The van der Waals surface area contributed by atoms with Crippen LogP contribution in [0.2, 0.25) is 0 Å². The highest BCUT2D eigenvalue weighted by Gasteiger charge is 2.13. The second kappa shape index (κ2) is 6.33. The molecule has 1 aromatic heterocycles. The lowest BCUT2D eigenvalue weighted by atomic mass is 10.1. The van der Waals surface area contributed by atoms with Gasteiger partial charge in [0.1, 0.15) is 11.9 Å². The van der Waals surface area contributed by atoms with E-state index in [2.05, 4.69) is 6.07 Å². The maximum atomic E-state index is 12.9. The van der Waals surface area contributed by atoms with Crippen LogP contribution in [0.15, 0.2) is 42.6 Å². The maximum absolute atomic E-state index is 12.9. The highest BCUT2D eigenvalue weighted by atomic mass is 32.1. The largest absolute Gasteiger partial charge is 0.382 e. The van der Waals surface area contributed by atoms with Crippen molar-refractivity contribution in [1.82, 2.24) is 4.90 Å². The minimum Gasteiger partial charge on any atom is -0.382 e. The van der Waals surface area contributed by atoms with E-state index in [1.807, 2.05) is 14.1 Å². The number of halogens is 1. The predicted molar refractivity (Wildman–Crippen MR) is 81.4 cm³/mol. The Kier molecular flexibility index (Phi) is 4.51. The number of benzene rings is 1.